The Kier molecular flexibility index (Phi) is 7.95. The van der Waals surface area contributed by atoms with Crippen LogP contribution in [0, 0.1) is 5.92 Å². The predicted octanol–water partition coefficient (Wildman–Crippen LogP) is 2.38. The van der Waals surface area contributed by atoms with E-state index in [1.54, 1.807) is 37.3 Å². The van der Waals surface area contributed by atoms with Gasteiger partial charge >= 0.3 is 11.9 Å². The van der Waals surface area contributed by atoms with Crippen LogP contribution in [-0.2, 0) is 23.9 Å². The number of nitrogens with one attached hydrogen (secondary N) is 1. The number of carbonyl (C=O) groups excluding carboxylic acids is 3. The summed E-state index contributed by atoms with van der Waals surface area (Å²) in [5.74, 6) is -1.44. The number of benzene rings is 1. The summed E-state index contributed by atoms with van der Waals surface area (Å²) in [5, 5.41) is 2.57. The van der Waals surface area contributed by atoms with Crippen LogP contribution < -0.4 is 5.32 Å². The monoisotopic (exact) mass is 335 g/mol. The minimum absolute atomic E-state index is 0.173. The summed E-state index contributed by atoms with van der Waals surface area (Å²) < 4.78 is 10.4. The van der Waals surface area contributed by atoms with Crippen molar-refractivity contribution in [1.82, 2.24) is 5.32 Å². The molecule has 0 saturated carbocycles. The van der Waals surface area contributed by atoms with Gasteiger partial charge in [-0.25, -0.2) is 9.59 Å². The molecule has 0 heterocycles. The first kappa shape index (κ1) is 19.7. The number of esters is 2. The third-order valence-corrected chi connectivity index (χ3v) is 3.21. The van der Waals surface area contributed by atoms with Crippen LogP contribution in [0.1, 0.15) is 45.8 Å². The summed E-state index contributed by atoms with van der Waals surface area (Å²) in [7, 11) is 0. The quantitative estimate of drug-likeness (QED) is 0.738. The summed E-state index contributed by atoms with van der Waals surface area (Å²) in [6, 6.07) is 7.86. The summed E-state index contributed by atoms with van der Waals surface area (Å²) in [6.45, 7) is 7.06. The van der Waals surface area contributed by atoms with Crippen LogP contribution in [0.25, 0.3) is 0 Å². The topological polar surface area (TPSA) is 81.7 Å². The van der Waals surface area contributed by atoms with E-state index < -0.39 is 24.1 Å². The zero-order valence-corrected chi connectivity index (χ0v) is 14.6. The maximum Gasteiger partial charge on any atom is 0.352 e. The molecule has 132 valence electrons. The van der Waals surface area contributed by atoms with Gasteiger partial charge in [0.05, 0.1) is 6.61 Å². The van der Waals surface area contributed by atoms with Gasteiger partial charge in [-0.3, -0.25) is 4.79 Å². The van der Waals surface area contributed by atoms with Crippen LogP contribution in [0.3, 0.4) is 0 Å². The van der Waals surface area contributed by atoms with Gasteiger partial charge in [0.25, 0.3) is 0 Å². The Morgan fingerprint density at radius 3 is 2.21 bits per heavy atom. The molecule has 0 bridgehead atoms. The molecule has 6 heteroatoms. The van der Waals surface area contributed by atoms with Gasteiger partial charge < -0.3 is 14.8 Å². The SMILES string of the molecule is CCOC(=O)[C@@H](OC(=O)[C@H](CC(C)C)NC(C)=O)c1ccccc1. The number of hydrogen-bond donors (Lipinski definition) is 1. The van der Waals surface area contributed by atoms with Crippen molar-refractivity contribution < 1.29 is 23.9 Å². The largest absolute Gasteiger partial charge is 0.463 e. The average molecular weight is 335 g/mol. The number of carbonyl (C=O) groups is 3. The molecule has 0 spiro atoms. The van der Waals surface area contributed by atoms with Crippen LogP contribution in [0.5, 0.6) is 0 Å². The third kappa shape index (κ3) is 6.40. The Labute approximate surface area is 142 Å². The van der Waals surface area contributed by atoms with Gasteiger partial charge in [0, 0.05) is 12.5 Å². The zero-order valence-electron chi connectivity index (χ0n) is 14.6. The molecule has 1 N–H and O–H groups in total. The van der Waals surface area contributed by atoms with Crippen LogP contribution in [0.4, 0.5) is 0 Å². The maximum absolute atomic E-state index is 12.5. The van der Waals surface area contributed by atoms with Crippen LogP contribution in [0.2, 0.25) is 0 Å². The lowest BCUT2D eigenvalue weighted by Gasteiger charge is -2.22. The number of amides is 1. The molecule has 1 aromatic carbocycles. The van der Waals surface area contributed by atoms with Crippen LogP contribution in [0.15, 0.2) is 30.3 Å². The lowest BCUT2D eigenvalue weighted by atomic mass is 10.0. The van der Waals surface area contributed by atoms with Crippen molar-refractivity contribution in [2.24, 2.45) is 5.92 Å². The minimum atomic E-state index is -1.15. The molecule has 0 aliphatic carbocycles. The van der Waals surface area contributed by atoms with E-state index in [1.165, 1.54) is 6.92 Å². The number of ether oxygens (including phenoxy) is 2. The van der Waals surface area contributed by atoms with E-state index in [9.17, 15) is 14.4 Å². The summed E-state index contributed by atoms with van der Waals surface area (Å²) in [5.41, 5.74) is 0.524. The highest BCUT2D eigenvalue weighted by molar-refractivity contribution is 5.86. The molecule has 0 aliphatic heterocycles. The van der Waals surface area contributed by atoms with Crippen molar-refractivity contribution >= 4 is 17.8 Å². The second kappa shape index (κ2) is 9.70. The predicted molar refractivity (Wildman–Crippen MR) is 89.0 cm³/mol. The molecular formula is C18H25NO5. The van der Waals surface area contributed by atoms with Crippen molar-refractivity contribution in [3.05, 3.63) is 35.9 Å². The zero-order chi connectivity index (χ0) is 18.1. The van der Waals surface area contributed by atoms with E-state index >= 15 is 0 Å². The van der Waals surface area contributed by atoms with E-state index in [2.05, 4.69) is 5.32 Å². The first-order chi connectivity index (χ1) is 11.3. The Morgan fingerprint density at radius 1 is 1.08 bits per heavy atom. The van der Waals surface area contributed by atoms with E-state index in [-0.39, 0.29) is 18.4 Å². The lowest BCUT2D eigenvalue weighted by Crippen LogP contribution is -2.42. The van der Waals surface area contributed by atoms with Crippen molar-refractivity contribution in [1.29, 1.82) is 0 Å². The minimum Gasteiger partial charge on any atom is -0.463 e. The first-order valence-corrected chi connectivity index (χ1v) is 8.04. The molecule has 1 rings (SSSR count). The summed E-state index contributed by atoms with van der Waals surface area (Å²) >= 11 is 0. The Bertz CT molecular complexity index is 556. The average Bonchev–Trinajstić information content (AvgIpc) is 2.51. The molecule has 2 atom stereocenters. The van der Waals surface area contributed by atoms with Crippen LogP contribution in [-0.4, -0.2) is 30.5 Å². The Hall–Kier alpha value is -2.37. The fourth-order valence-corrected chi connectivity index (χ4v) is 2.23. The molecule has 0 radical (unpaired) electrons. The van der Waals surface area contributed by atoms with E-state index in [0.717, 1.165) is 0 Å². The van der Waals surface area contributed by atoms with E-state index in [0.29, 0.717) is 12.0 Å². The molecule has 6 nitrogen and oxygen atoms in total. The fraction of sp³-hybridized carbons (Fsp3) is 0.500. The molecule has 0 unspecified atom stereocenters. The molecule has 0 fully saturated rings. The van der Waals surface area contributed by atoms with Crippen LogP contribution >= 0.6 is 0 Å². The summed E-state index contributed by atoms with van der Waals surface area (Å²) in [6.07, 6.45) is -0.731. The Morgan fingerprint density at radius 2 is 1.71 bits per heavy atom. The summed E-state index contributed by atoms with van der Waals surface area (Å²) in [4.78, 5) is 35.9. The number of hydrogen-bond acceptors (Lipinski definition) is 5. The van der Waals surface area contributed by atoms with Crippen molar-refractivity contribution in [3.8, 4) is 0 Å². The smallest absolute Gasteiger partial charge is 0.352 e. The fourth-order valence-electron chi connectivity index (χ4n) is 2.23. The highest BCUT2D eigenvalue weighted by Gasteiger charge is 2.30. The van der Waals surface area contributed by atoms with E-state index in [4.69, 9.17) is 9.47 Å². The molecular weight excluding hydrogens is 310 g/mol. The standard InChI is InChI=1S/C18H25NO5/c1-5-23-18(22)16(14-9-7-6-8-10-14)24-17(21)15(11-12(2)3)19-13(4)20/h6-10,12,15-16H,5,11H2,1-4H3,(H,19,20)/t15-,16-/m0/s1. The Balaban J connectivity index is 2.96. The lowest BCUT2D eigenvalue weighted by molar-refractivity contribution is -0.170. The van der Waals surface area contributed by atoms with Gasteiger partial charge in [-0.05, 0) is 19.3 Å². The highest BCUT2D eigenvalue weighted by Crippen LogP contribution is 2.21. The van der Waals surface area contributed by atoms with Gasteiger partial charge in [-0.1, -0.05) is 44.2 Å². The van der Waals surface area contributed by atoms with Crippen molar-refractivity contribution in [2.75, 3.05) is 6.61 Å². The van der Waals surface area contributed by atoms with Gasteiger partial charge in [-0.15, -0.1) is 0 Å². The maximum atomic E-state index is 12.5. The van der Waals surface area contributed by atoms with Gasteiger partial charge in [0.1, 0.15) is 6.04 Å². The molecule has 0 aliphatic rings. The second-order valence-corrected chi connectivity index (χ2v) is 5.86. The third-order valence-electron chi connectivity index (χ3n) is 3.21. The first-order valence-electron chi connectivity index (χ1n) is 8.04. The van der Waals surface area contributed by atoms with Gasteiger partial charge in [0.2, 0.25) is 12.0 Å². The van der Waals surface area contributed by atoms with Gasteiger partial charge in [0.15, 0.2) is 0 Å². The van der Waals surface area contributed by atoms with Crippen molar-refractivity contribution in [3.63, 3.8) is 0 Å². The van der Waals surface area contributed by atoms with E-state index in [1.807, 2.05) is 13.8 Å². The number of rotatable bonds is 8. The molecule has 0 aromatic heterocycles. The molecule has 0 saturated heterocycles. The van der Waals surface area contributed by atoms with Gasteiger partial charge in [-0.2, -0.15) is 0 Å². The normalized spacial score (nSPS) is 13.0. The molecule has 1 aromatic rings. The molecule has 24 heavy (non-hydrogen) atoms. The van der Waals surface area contributed by atoms with Crippen molar-refractivity contribution in [2.45, 2.75) is 46.3 Å². The molecule has 1 amide bonds. The highest BCUT2D eigenvalue weighted by atomic mass is 16.6. The second-order valence-electron chi connectivity index (χ2n) is 5.86.